The van der Waals surface area contributed by atoms with Crippen LogP contribution in [0.1, 0.15) is 33.6 Å². The van der Waals surface area contributed by atoms with Crippen LogP contribution in [0.15, 0.2) is 0 Å². The lowest BCUT2D eigenvalue weighted by Gasteiger charge is -2.23. The van der Waals surface area contributed by atoms with E-state index in [4.69, 9.17) is 16.6 Å². The molecule has 0 unspecified atom stereocenters. The first kappa shape index (κ1) is 30.2. The van der Waals surface area contributed by atoms with E-state index in [2.05, 4.69) is 26.6 Å². The van der Waals surface area contributed by atoms with Crippen molar-refractivity contribution in [3.63, 3.8) is 0 Å². The SMILES string of the molecule is CC(C)C[C@H](NC(=O)[C@H](CC(N)=O)NC(=O)CNC(=O)[C@H](C)NC(=O)CN)C(=O)NCC(=O)O. The van der Waals surface area contributed by atoms with Gasteiger partial charge < -0.3 is 43.2 Å². The van der Waals surface area contributed by atoms with Crippen LogP contribution < -0.4 is 38.1 Å². The number of hydrogen-bond acceptors (Lipinski definition) is 8. The molecule has 0 aromatic heterocycles. The Morgan fingerprint density at radius 1 is 0.765 bits per heavy atom. The second-order valence-electron chi connectivity index (χ2n) is 7.80. The zero-order valence-corrected chi connectivity index (χ0v) is 19.3. The van der Waals surface area contributed by atoms with Crippen molar-refractivity contribution in [3.05, 3.63) is 0 Å². The van der Waals surface area contributed by atoms with E-state index in [0.29, 0.717) is 0 Å². The molecule has 0 saturated carbocycles. The fourth-order valence-corrected chi connectivity index (χ4v) is 2.60. The number of aliphatic carboxylic acids is 1. The summed E-state index contributed by atoms with van der Waals surface area (Å²) < 4.78 is 0. The van der Waals surface area contributed by atoms with Crippen molar-refractivity contribution in [2.75, 3.05) is 19.6 Å². The molecular formula is C19H33N7O8. The molecule has 0 rings (SSSR count). The van der Waals surface area contributed by atoms with Crippen LogP contribution in [0.2, 0.25) is 0 Å². The van der Waals surface area contributed by atoms with Gasteiger partial charge in [0, 0.05) is 0 Å². The van der Waals surface area contributed by atoms with Gasteiger partial charge in [0.25, 0.3) is 0 Å². The monoisotopic (exact) mass is 487 g/mol. The van der Waals surface area contributed by atoms with E-state index in [0.717, 1.165) is 0 Å². The molecule has 0 fully saturated rings. The minimum atomic E-state index is -1.46. The molecule has 0 aromatic carbocycles. The van der Waals surface area contributed by atoms with Crippen LogP contribution >= 0.6 is 0 Å². The van der Waals surface area contributed by atoms with Gasteiger partial charge in [-0.1, -0.05) is 13.8 Å². The summed E-state index contributed by atoms with van der Waals surface area (Å²) in [5.41, 5.74) is 10.3. The number of carbonyl (C=O) groups excluding carboxylic acids is 6. The van der Waals surface area contributed by atoms with E-state index >= 15 is 0 Å². The van der Waals surface area contributed by atoms with Crippen LogP contribution in [-0.4, -0.2) is 84.3 Å². The van der Waals surface area contributed by atoms with Crippen molar-refractivity contribution in [1.29, 1.82) is 0 Å². The van der Waals surface area contributed by atoms with Crippen LogP contribution in [0, 0.1) is 5.92 Å². The van der Waals surface area contributed by atoms with Crippen LogP contribution in [0.4, 0.5) is 0 Å². The lowest BCUT2D eigenvalue weighted by atomic mass is 10.0. The lowest BCUT2D eigenvalue weighted by Crippen LogP contribution is -2.56. The lowest BCUT2D eigenvalue weighted by molar-refractivity contribution is -0.139. The fourth-order valence-electron chi connectivity index (χ4n) is 2.60. The Morgan fingerprint density at radius 3 is 1.85 bits per heavy atom. The Bertz CT molecular complexity index is 787. The summed E-state index contributed by atoms with van der Waals surface area (Å²) in [4.78, 5) is 82.4. The van der Waals surface area contributed by atoms with Crippen molar-refractivity contribution in [2.45, 2.75) is 51.7 Å². The minimum Gasteiger partial charge on any atom is -0.480 e. The highest BCUT2D eigenvalue weighted by atomic mass is 16.4. The molecule has 0 heterocycles. The Morgan fingerprint density at radius 2 is 1.35 bits per heavy atom. The van der Waals surface area contributed by atoms with Crippen molar-refractivity contribution in [2.24, 2.45) is 17.4 Å². The first-order chi connectivity index (χ1) is 15.8. The highest BCUT2D eigenvalue weighted by Crippen LogP contribution is 2.06. The predicted molar refractivity (Wildman–Crippen MR) is 117 cm³/mol. The topological polar surface area (TPSA) is 252 Å². The van der Waals surface area contributed by atoms with Crippen molar-refractivity contribution in [3.8, 4) is 0 Å². The Kier molecular flexibility index (Phi) is 13.5. The summed E-state index contributed by atoms with van der Waals surface area (Å²) in [5.74, 6) is -6.04. The largest absolute Gasteiger partial charge is 0.480 e. The molecule has 0 saturated heterocycles. The molecule has 0 radical (unpaired) electrons. The van der Waals surface area contributed by atoms with Gasteiger partial charge in [-0.05, 0) is 19.3 Å². The van der Waals surface area contributed by atoms with Crippen LogP contribution in [0.3, 0.4) is 0 Å². The number of carbonyl (C=O) groups is 7. The van der Waals surface area contributed by atoms with Gasteiger partial charge in [0.2, 0.25) is 35.4 Å². The number of nitrogens with one attached hydrogen (secondary N) is 5. The Balaban J connectivity index is 5.14. The Hall–Kier alpha value is -3.75. The number of amides is 6. The van der Waals surface area contributed by atoms with Crippen molar-refractivity contribution >= 4 is 41.4 Å². The van der Waals surface area contributed by atoms with E-state index in [1.54, 1.807) is 13.8 Å². The molecular weight excluding hydrogens is 454 g/mol. The highest BCUT2D eigenvalue weighted by Gasteiger charge is 2.29. The van der Waals surface area contributed by atoms with E-state index < -0.39 is 79.0 Å². The summed E-state index contributed by atoms with van der Waals surface area (Å²) in [6, 6.07) is -3.57. The van der Waals surface area contributed by atoms with Gasteiger partial charge in [-0.25, -0.2) is 0 Å². The molecule has 15 heteroatoms. The highest BCUT2D eigenvalue weighted by molar-refractivity contribution is 5.96. The van der Waals surface area contributed by atoms with Gasteiger partial charge in [0.15, 0.2) is 0 Å². The maximum Gasteiger partial charge on any atom is 0.322 e. The molecule has 15 nitrogen and oxygen atoms in total. The summed E-state index contributed by atoms with van der Waals surface area (Å²) >= 11 is 0. The van der Waals surface area contributed by atoms with Crippen molar-refractivity contribution < 1.29 is 38.7 Å². The molecule has 6 amide bonds. The molecule has 0 aliphatic heterocycles. The molecule has 34 heavy (non-hydrogen) atoms. The van der Waals surface area contributed by atoms with E-state index in [-0.39, 0.29) is 18.9 Å². The van der Waals surface area contributed by atoms with E-state index in [1.807, 2.05) is 0 Å². The quantitative estimate of drug-likeness (QED) is 0.111. The predicted octanol–water partition coefficient (Wildman–Crippen LogP) is -4.34. The number of carboxylic acid groups (broad SMARTS) is 1. The zero-order valence-electron chi connectivity index (χ0n) is 19.3. The normalized spacial score (nSPS) is 13.1. The molecule has 0 aliphatic carbocycles. The fraction of sp³-hybridized carbons (Fsp3) is 0.632. The average molecular weight is 488 g/mol. The van der Waals surface area contributed by atoms with Gasteiger partial charge in [0.05, 0.1) is 19.5 Å². The Labute approximate surface area is 196 Å². The second kappa shape index (κ2) is 15.2. The molecule has 0 aliphatic rings. The van der Waals surface area contributed by atoms with Crippen LogP contribution in [0.25, 0.3) is 0 Å². The maximum absolute atomic E-state index is 12.7. The minimum absolute atomic E-state index is 0.0676. The summed E-state index contributed by atoms with van der Waals surface area (Å²) in [5, 5.41) is 20.0. The summed E-state index contributed by atoms with van der Waals surface area (Å²) in [6.45, 7) is 3.34. The summed E-state index contributed by atoms with van der Waals surface area (Å²) in [6.07, 6.45) is -0.448. The van der Waals surface area contributed by atoms with Gasteiger partial charge in [0.1, 0.15) is 24.7 Å². The molecule has 3 atom stereocenters. The third kappa shape index (κ3) is 12.9. The number of primary amides is 1. The van der Waals surface area contributed by atoms with Gasteiger partial charge in [-0.2, -0.15) is 0 Å². The summed E-state index contributed by atoms with van der Waals surface area (Å²) in [7, 11) is 0. The average Bonchev–Trinajstić information content (AvgIpc) is 2.73. The zero-order chi connectivity index (χ0) is 26.4. The van der Waals surface area contributed by atoms with Crippen LogP contribution in [0.5, 0.6) is 0 Å². The first-order valence-electron chi connectivity index (χ1n) is 10.4. The van der Waals surface area contributed by atoms with Gasteiger partial charge in [-0.3, -0.25) is 33.6 Å². The van der Waals surface area contributed by atoms with E-state index in [1.165, 1.54) is 6.92 Å². The number of rotatable bonds is 15. The van der Waals surface area contributed by atoms with Crippen LogP contribution in [-0.2, 0) is 33.6 Å². The molecule has 0 aromatic rings. The molecule has 10 N–H and O–H groups in total. The smallest absolute Gasteiger partial charge is 0.322 e. The van der Waals surface area contributed by atoms with Crippen molar-refractivity contribution in [1.82, 2.24) is 26.6 Å². The van der Waals surface area contributed by atoms with Gasteiger partial charge in [-0.15, -0.1) is 0 Å². The molecule has 0 bridgehead atoms. The first-order valence-corrected chi connectivity index (χ1v) is 10.4. The third-order valence-corrected chi connectivity index (χ3v) is 4.19. The molecule has 192 valence electrons. The maximum atomic E-state index is 12.7. The number of nitrogens with two attached hydrogens (primary N) is 2. The van der Waals surface area contributed by atoms with E-state index in [9.17, 15) is 33.6 Å². The number of carboxylic acids is 1. The second-order valence-corrected chi connectivity index (χ2v) is 7.80. The van der Waals surface area contributed by atoms with Gasteiger partial charge >= 0.3 is 5.97 Å². The standard InChI is InChI=1S/C19H33N7O8/c1-9(2)4-11(18(33)23-8-16(30)31)26-19(34)12(5-13(21)27)25-15(29)7-22-17(32)10(3)24-14(28)6-20/h9-12H,4-8,20H2,1-3H3,(H2,21,27)(H,22,32)(H,23,33)(H,24,28)(H,25,29)(H,26,34)(H,30,31)/t10-,11-,12-/m0/s1. The molecule has 0 spiro atoms. The number of hydrogen-bond donors (Lipinski definition) is 8. The third-order valence-electron chi connectivity index (χ3n) is 4.19.